The minimum Gasteiger partial charge on any atom is -0.258 e. The lowest BCUT2D eigenvalue weighted by Gasteiger charge is -2.24. The lowest BCUT2D eigenvalue weighted by Crippen LogP contribution is -2.11. The zero-order valence-electron chi connectivity index (χ0n) is 11.8. The van der Waals surface area contributed by atoms with E-state index in [0.29, 0.717) is 5.56 Å². The molecule has 114 valence electrons. The Kier molecular flexibility index (Phi) is 4.50. The minimum atomic E-state index is -1.52. The molecular weight excluding hydrogens is 279 g/mol. The second-order valence-electron chi connectivity index (χ2n) is 5.43. The Morgan fingerprint density at radius 3 is 2.24 bits per heavy atom. The van der Waals surface area contributed by atoms with Crippen LogP contribution in [-0.4, -0.2) is 9.85 Å². The highest BCUT2D eigenvalue weighted by molar-refractivity contribution is 5.56. The molecule has 0 bridgehead atoms. The van der Waals surface area contributed by atoms with Crippen LogP contribution in [0.2, 0.25) is 0 Å². The summed E-state index contributed by atoms with van der Waals surface area (Å²) in [4.78, 5) is 20.7. The summed E-state index contributed by atoms with van der Waals surface area (Å²) in [5.41, 5.74) is -0.394. The number of non-ortho nitro benzene ring substituents is 1. The number of hydrogen-bond donors (Lipinski definition) is 0. The van der Waals surface area contributed by atoms with Crippen molar-refractivity contribution in [2.24, 2.45) is 0 Å². The van der Waals surface area contributed by atoms with Crippen LogP contribution >= 0.6 is 0 Å². The van der Waals surface area contributed by atoms with Crippen molar-refractivity contribution in [1.29, 1.82) is 0 Å². The fraction of sp³-hybridized carbons (Fsp3) is 0.571. The second-order valence-corrected chi connectivity index (χ2v) is 5.43. The molecule has 1 aliphatic rings. The molecule has 2 rings (SSSR count). The molecule has 0 saturated heterocycles. The van der Waals surface area contributed by atoms with Gasteiger partial charge >= 0.3 is 0 Å². The van der Waals surface area contributed by atoms with Gasteiger partial charge < -0.3 is 0 Å². The summed E-state index contributed by atoms with van der Waals surface area (Å²) in [7, 11) is 0. The molecule has 0 amide bonds. The Morgan fingerprint density at radius 1 is 1.14 bits per heavy atom. The molecule has 1 fully saturated rings. The van der Waals surface area contributed by atoms with Gasteiger partial charge in [-0.15, -0.1) is 0 Å². The summed E-state index contributed by atoms with van der Waals surface area (Å²) >= 11 is 0. The van der Waals surface area contributed by atoms with Gasteiger partial charge in [0.15, 0.2) is 0 Å². The summed E-state index contributed by atoms with van der Waals surface area (Å²) in [6, 6.07) is 2.17. The van der Waals surface area contributed by atoms with Crippen LogP contribution in [0, 0.1) is 20.2 Å². The predicted molar refractivity (Wildman–Crippen MR) is 75.1 cm³/mol. The Morgan fingerprint density at radius 2 is 1.76 bits per heavy atom. The van der Waals surface area contributed by atoms with E-state index < -0.39 is 21.7 Å². The van der Waals surface area contributed by atoms with Gasteiger partial charge in [0.05, 0.1) is 21.5 Å². The Hall–Kier alpha value is -2.05. The average molecular weight is 296 g/mol. The predicted octanol–water partition coefficient (Wildman–Crippen LogP) is 4.58. The third-order valence-corrected chi connectivity index (χ3v) is 4.03. The summed E-state index contributed by atoms with van der Waals surface area (Å²) in [6.07, 6.45) is 3.05. The number of nitro groups is 2. The third kappa shape index (κ3) is 3.17. The molecule has 6 nitrogen and oxygen atoms in total. The van der Waals surface area contributed by atoms with Crippen LogP contribution in [0.1, 0.15) is 62.2 Å². The molecule has 0 spiro atoms. The maximum Gasteiger partial charge on any atom is 0.282 e. The molecule has 1 aliphatic carbocycles. The molecule has 0 N–H and O–H groups in total. The Balaban J connectivity index is 2.63. The topological polar surface area (TPSA) is 86.3 Å². The van der Waals surface area contributed by atoms with Crippen LogP contribution in [0.25, 0.3) is 0 Å². The van der Waals surface area contributed by atoms with Crippen molar-refractivity contribution < 1.29 is 14.2 Å². The number of halogens is 1. The van der Waals surface area contributed by atoms with E-state index in [-0.39, 0.29) is 17.2 Å². The number of benzene rings is 1. The van der Waals surface area contributed by atoms with Gasteiger partial charge in [0.1, 0.15) is 6.17 Å². The van der Waals surface area contributed by atoms with Gasteiger partial charge in [-0.25, -0.2) is 4.39 Å². The van der Waals surface area contributed by atoms with Gasteiger partial charge in [-0.1, -0.05) is 19.3 Å². The molecule has 0 heterocycles. The second kappa shape index (κ2) is 6.15. The SMILES string of the molecule is CC(F)c1c(C2CCCCC2)cc([N+](=O)[O-])cc1[N+](=O)[O-]. The Labute approximate surface area is 121 Å². The van der Waals surface area contributed by atoms with Crippen molar-refractivity contribution in [2.75, 3.05) is 0 Å². The summed E-state index contributed by atoms with van der Waals surface area (Å²) in [6.45, 7) is 1.24. The van der Waals surface area contributed by atoms with E-state index in [2.05, 4.69) is 0 Å². The van der Waals surface area contributed by atoms with Gasteiger partial charge in [-0.05, 0) is 31.2 Å². The third-order valence-electron chi connectivity index (χ3n) is 4.03. The number of nitrogens with zero attached hydrogens (tertiary/aromatic N) is 2. The highest BCUT2D eigenvalue weighted by atomic mass is 19.1. The summed E-state index contributed by atoms with van der Waals surface area (Å²) in [5.74, 6) is -0.0365. The molecular formula is C14H17FN2O4. The van der Waals surface area contributed by atoms with Gasteiger partial charge in [0.2, 0.25) is 0 Å². The lowest BCUT2D eigenvalue weighted by molar-refractivity contribution is -0.394. The van der Waals surface area contributed by atoms with Crippen LogP contribution in [0.4, 0.5) is 15.8 Å². The molecule has 1 atom stereocenters. The molecule has 0 aliphatic heterocycles. The van der Waals surface area contributed by atoms with Crippen molar-refractivity contribution >= 4 is 11.4 Å². The van der Waals surface area contributed by atoms with Crippen LogP contribution < -0.4 is 0 Å². The number of rotatable bonds is 4. The first-order chi connectivity index (χ1) is 9.91. The van der Waals surface area contributed by atoms with E-state index in [1.54, 1.807) is 0 Å². The molecule has 21 heavy (non-hydrogen) atoms. The van der Waals surface area contributed by atoms with Gasteiger partial charge in [0, 0.05) is 6.07 Å². The molecule has 0 radical (unpaired) electrons. The van der Waals surface area contributed by atoms with Crippen molar-refractivity contribution in [3.05, 3.63) is 43.5 Å². The van der Waals surface area contributed by atoms with Crippen molar-refractivity contribution in [3.63, 3.8) is 0 Å². The van der Waals surface area contributed by atoms with E-state index in [4.69, 9.17) is 0 Å². The van der Waals surface area contributed by atoms with E-state index >= 15 is 0 Å². The number of hydrogen-bond acceptors (Lipinski definition) is 4. The van der Waals surface area contributed by atoms with Gasteiger partial charge in [-0.2, -0.15) is 0 Å². The molecule has 0 aromatic heterocycles. The van der Waals surface area contributed by atoms with Crippen molar-refractivity contribution in [2.45, 2.75) is 51.1 Å². The first kappa shape index (κ1) is 15.3. The zero-order chi connectivity index (χ0) is 15.6. The van der Waals surface area contributed by atoms with E-state index in [0.717, 1.165) is 38.2 Å². The zero-order valence-corrected chi connectivity index (χ0v) is 11.8. The number of nitro benzene ring substituents is 2. The largest absolute Gasteiger partial charge is 0.282 e. The fourth-order valence-electron chi connectivity index (χ4n) is 3.09. The smallest absolute Gasteiger partial charge is 0.258 e. The molecule has 7 heteroatoms. The number of alkyl halides is 1. The molecule has 1 aromatic carbocycles. The first-order valence-electron chi connectivity index (χ1n) is 7.02. The van der Waals surface area contributed by atoms with Crippen LogP contribution in [-0.2, 0) is 0 Å². The normalized spacial score (nSPS) is 17.4. The molecule has 1 aromatic rings. The van der Waals surface area contributed by atoms with Crippen LogP contribution in [0.3, 0.4) is 0 Å². The lowest BCUT2D eigenvalue weighted by atomic mass is 9.80. The quantitative estimate of drug-likeness (QED) is 0.601. The van der Waals surface area contributed by atoms with Crippen molar-refractivity contribution in [1.82, 2.24) is 0 Å². The van der Waals surface area contributed by atoms with Gasteiger partial charge in [-0.3, -0.25) is 20.2 Å². The highest BCUT2D eigenvalue weighted by Crippen LogP contribution is 2.42. The van der Waals surface area contributed by atoms with Gasteiger partial charge in [0.25, 0.3) is 11.4 Å². The molecule has 1 unspecified atom stereocenters. The van der Waals surface area contributed by atoms with Crippen molar-refractivity contribution in [3.8, 4) is 0 Å². The van der Waals surface area contributed by atoms with Crippen LogP contribution in [0.15, 0.2) is 12.1 Å². The Bertz CT molecular complexity index is 568. The first-order valence-corrected chi connectivity index (χ1v) is 7.02. The van der Waals surface area contributed by atoms with E-state index in [9.17, 15) is 24.6 Å². The standard InChI is InChI=1S/C14H17FN2O4/c1-9(15)14-12(10-5-3-2-4-6-10)7-11(16(18)19)8-13(14)17(20)21/h7-10H,2-6H2,1H3. The monoisotopic (exact) mass is 296 g/mol. The highest BCUT2D eigenvalue weighted by Gasteiger charge is 2.31. The maximum absolute atomic E-state index is 13.9. The average Bonchev–Trinajstić information content (AvgIpc) is 2.46. The summed E-state index contributed by atoms with van der Waals surface area (Å²) in [5, 5.41) is 22.1. The maximum atomic E-state index is 13.9. The molecule has 1 saturated carbocycles. The van der Waals surface area contributed by atoms with E-state index in [1.807, 2.05) is 0 Å². The minimum absolute atomic E-state index is 0.00231. The van der Waals surface area contributed by atoms with Crippen LogP contribution in [0.5, 0.6) is 0 Å². The van der Waals surface area contributed by atoms with E-state index in [1.165, 1.54) is 13.0 Å². The fourth-order valence-corrected chi connectivity index (χ4v) is 3.09. The summed E-state index contributed by atoms with van der Waals surface area (Å²) < 4.78 is 13.9.